The third kappa shape index (κ3) is 4.24. The molecule has 0 fully saturated rings. The molecule has 0 unspecified atom stereocenters. The fourth-order valence-corrected chi connectivity index (χ4v) is 1.88. The molecule has 0 aromatic carbocycles. The Hall–Kier alpha value is -0.510. The molecule has 1 heterocycles. The minimum absolute atomic E-state index is 0.208. The average Bonchev–Trinajstić information content (AvgIpc) is 2.53. The third-order valence-electron chi connectivity index (χ3n) is 1.74. The maximum absolute atomic E-state index is 12.2. The summed E-state index contributed by atoms with van der Waals surface area (Å²) in [4.78, 5) is -0.516. The molecule has 15 heavy (non-hydrogen) atoms. The van der Waals surface area contributed by atoms with Gasteiger partial charge in [-0.05, 0) is 22.4 Å². The molecule has 1 aromatic rings. The van der Waals surface area contributed by atoms with Crippen LogP contribution in [0.15, 0.2) is 11.4 Å². The van der Waals surface area contributed by atoms with E-state index in [1.807, 2.05) is 34.6 Å². The number of hydrogen-bond donors (Lipinski definition) is 0. The number of thiophene rings is 1. The van der Waals surface area contributed by atoms with Gasteiger partial charge in [-0.15, -0.1) is 11.3 Å². The molecule has 1 rings (SSSR count). The lowest BCUT2D eigenvalue weighted by atomic mass is 9.89. The molecule has 0 aliphatic carbocycles. The van der Waals surface area contributed by atoms with Crippen LogP contribution in [0.2, 0.25) is 0 Å². The minimum Gasteiger partial charge on any atom is -0.165 e. The smallest absolute Gasteiger partial charge is 0.165 e. The fourth-order valence-electron chi connectivity index (χ4n) is 0.878. The van der Waals surface area contributed by atoms with E-state index in [1.54, 1.807) is 5.38 Å². The van der Waals surface area contributed by atoms with Crippen molar-refractivity contribution in [1.29, 1.82) is 0 Å². The third-order valence-corrected chi connectivity index (χ3v) is 2.72. The topological polar surface area (TPSA) is 0 Å². The largest absolute Gasteiger partial charge is 0.425 e. The number of rotatable bonds is 0. The number of halogens is 3. The van der Waals surface area contributed by atoms with E-state index < -0.39 is 11.1 Å². The average molecular weight is 238 g/mol. The maximum atomic E-state index is 12.2. The Morgan fingerprint density at radius 3 is 1.73 bits per heavy atom. The van der Waals surface area contributed by atoms with Crippen LogP contribution in [0.25, 0.3) is 0 Å². The highest BCUT2D eigenvalue weighted by atomic mass is 32.1. The highest BCUT2D eigenvalue weighted by molar-refractivity contribution is 7.10. The van der Waals surface area contributed by atoms with Gasteiger partial charge in [-0.3, -0.25) is 0 Å². The molecule has 1 aromatic heterocycles. The first kappa shape index (κ1) is 14.5. The quantitative estimate of drug-likeness (QED) is 0.590. The Labute approximate surface area is 93.1 Å². The van der Waals surface area contributed by atoms with Gasteiger partial charge in [-0.25, -0.2) is 0 Å². The van der Waals surface area contributed by atoms with Gasteiger partial charge in [0.2, 0.25) is 0 Å². The zero-order valence-corrected chi connectivity index (χ0v) is 10.5. The van der Waals surface area contributed by atoms with Gasteiger partial charge in [-0.2, -0.15) is 13.2 Å². The van der Waals surface area contributed by atoms with Crippen LogP contribution in [0, 0.1) is 0 Å². The van der Waals surface area contributed by atoms with Crippen molar-refractivity contribution in [2.75, 3.05) is 0 Å². The lowest BCUT2D eigenvalue weighted by molar-refractivity contribution is -0.134. The molecular weight excluding hydrogens is 221 g/mol. The van der Waals surface area contributed by atoms with Crippen LogP contribution in [0.4, 0.5) is 13.2 Å². The van der Waals surface area contributed by atoms with Crippen molar-refractivity contribution < 1.29 is 13.2 Å². The molecule has 0 bridgehead atoms. The molecule has 0 saturated carbocycles. The zero-order chi connectivity index (χ0) is 12.3. The molecule has 0 aliphatic rings. The Bertz CT molecular complexity index is 263. The van der Waals surface area contributed by atoms with E-state index >= 15 is 0 Å². The zero-order valence-electron chi connectivity index (χ0n) is 9.70. The summed E-state index contributed by atoms with van der Waals surface area (Å²) in [5, 5.41) is 1.57. The summed E-state index contributed by atoms with van der Waals surface area (Å²) in [6, 6.07) is 1.23. The molecule has 0 atom stereocenters. The Morgan fingerprint density at radius 1 is 1.07 bits per heavy atom. The summed E-state index contributed by atoms with van der Waals surface area (Å²) in [6.07, 6.45) is -4.20. The number of hydrogen-bond acceptors (Lipinski definition) is 1. The van der Waals surface area contributed by atoms with Gasteiger partial charge >= 0.3 is 6.18 Å². The Balaban J connectivity index is 0.000000921. The molecule has 88 valence electrons. The van der Waals surface area contributed by atoms with Crippen LogP contribution in [0.5, 0.6) is 0 Å². The second-order valence-corrected chi connectivity index (χ2v) is 4.86. The summed E-state index contributed by atoms with van der Waals surface area (Å²) in [7, 11) is 0. The predicted molar refractivity (Wildman–Crippen MR) is 59.4 cm³/mol. The van der Waals surface area contributed by atoms with Crippen LogP contribution in [0.1, 0.15) is 45.1 Å². The molecule has 0 amide bonds. The molecule has 4 heteroatoms. The lowest BCUT2D eigenvalue weighted by Crippen LogP contribution is -2.09. The normalized spacial score (nSPS) is 12.0. The standard InChI is InChI=1S/C9H11F3S.C2H6/c1-8(2,3)6-4-7(13-5-6)9(10,11)12;1-2/h4-5H,1-3H3;1-2H3. The van der Waals surface area contributed by atoms with E-state index in [-0.39, 0.29) is 5.41 Å². The van der Waals surface area contributed by atoms with Gasteiger partial charge in [0.15, 0.2) is 0 Å². The van der Waals surface area contributed by atoms with Gasteiger partial charge in [0.05, 0.1) is 0 Å². The fraction of sp³-hybridized carbons (Fsp3) is 0.636. The summed E-state index contributed by atoms with van der Waals surface area (Å²) in [5.74, 6) is 0. The van der Waals surface area contributed by atoms with Gasteiger partial charge in [0.25, 0.3) is 0 Å². The van der Waals surface area contributed by atoms with Crippen molar-refractivity contribution in [1.82, 2.24) is 0 Å². The SMILES string of the molecule is CC.CC(C)(C)c1csc(C(F)(F)F)c1. The van der Waals surface area contributed by atoms with Crippen molar-refractivity contribution >= 4 is 11.3 Å². The molecule has 0 spiro atoms. The van der Waals surface area contributed by atoms with Gasteiger partial charge in [-0.1, -0.05) is 34.6 Å². The van der Waals surface area contributed by atoms with E-state index in [1.165, 1.54) is 6.07 Å². The highest BCUT2D eigenvalue weighted by Gasteiger charge is 2.33. The summed E-state index contributed by atoms with van der Waals surface area (Å²) in [5.41, 5.74) is 0.532. The molecular formula is C11H17F3S. The highest BCUT2D eigenvalue weighted by Crippen LogP contribution is 2.37. The van der Waals surface area contributed by atoms with E-state index in [0.717, 1.165) is 16.9 Å². The molecule has 0 aliphatic heterocycles. The van der Waals surface area contributed by atoms with E-state index in [9.17, 15) is 13.2 Å². The van der Waals surface area contributed by atoms with Gasteiger partial charge in [0.1, 0.15) is 4.88 Å². The van der Waals surface area contributed by atoms with Gasteiger partial charge < -0.3 is 0 Å². The van der Waals surface area contributed by atoms with Crippen LogP contribution in [-0.2, 0) is 11.6 Å². The maximum Gasteiger partial charge on any atom is 0.425 e. The minimum atomic E-state index is -4.20. The summed E-state index contributed by atoms with van der Waals surface area (Å²) in [6.45, 7) is 9.69. The van der Waals surface area contributed by atoms with E-state index in [2.05, 4.69) is 0 Å². The molecule has 0 N–H and O–H groups in total. The Kier molecular flexibility index (Phi) is 4.84. The van der Waals surface area contributed by atoms with Crippen molar-refractivity contribution in [2.24, 2.45) is 0 Å². The van der Waals surface area contributed by atoms with Crippen molar-refractivity contribution in [3.05, 3.63) is 21.9 Å². The second kappa shape index (κ2) is 5.01. The molecule has 0 saturated heterocycles. The first-order chi connectivity index (χ1) is 6.71. The van der Waals surface area contributed by atoms with Crippen LogP contribution >= 0.6 is 11.3 Å². The molecule has 0 radical (unpaired) electrons. The monoisotopic (exact) mass is 238 g/mol. The first-order valence-electron chi connectivity index (χ1n) is 4.87. The predicted octanol–water partition coefficient (Wildman–Crippen LogP) is 5.09. The first-order valence-corrected chi connectivity index (χ1v) is 5.75. The lowest BCUT2D eigenvalue weighted by Gasteiger charge is -2.15. The molecule has 0 nitrogen and oxygen atoms in total. The van der Waals surface area contributed by atoms with Crippen molar-refractivity contribution in [3.63, 3.8) is 0 Å². The van der Waals surface area contributed by atoms with Crippen LogP contribution in [0.3, 0.4) is 0 Å². The van der Waals surface area contributed by atoms with E-state index in [0.29, 0.717) is 0 Å². The van der Waals surface area contributed by atoms with Gasteiger partial charge in [0, 0.05) is 0 Å². The second-order valence-electron chi connectivity index (χ2n) is 3.95. The van der Waals surface area contributed by atoms with Crippen LogP contribution < -0.4 is 0 Å². The van der Waals surface area contributed by atoms with Crippen LogP contribution in [-0.4, -0.2) is 0 Å². The van der Waals surface area contributed by atoms with E-state index in [4.69, 9.17) is 0 Å². The van der Waals surface area contributed by atoms with Crippen molar-refractivity contribution in [3.8, 4) is 0 Å². The summed E-state index contributed by atoms with van der Waals surface area (Å²) >= 11 is 0.758. The number of alkyl halides is 3. The Morgan fingerprint density at radius 2 is 1.53 bits per heavy atom. The summed E-state index contributed by atoms with van der Waals surface area (Å²) < 4.78 is 36.6. The van der Waals surface area contributed by atoms with Crippen molar-refractivity contribution in [2.45, 2.75) is 46.2 Å².